The number of halogens is 3. The Morgan fingerprint density at radius 3 is 1.48 bits per heavy atom. The first-order valence-electron chi connectivity index (χ1n) is 12.0. The second-order valence-electron chi connectivity index (χ2n) is 9.24. The summed E-state index contributed by atoms with van der Waals surface area (Å²) < 4.78 is 42.1. The van der Waals surface area contributed by atoms with E-state index in [0.29, 0.717) is 65.9 Å². The van der Waals surface area contributed by atoms with Gasteiger partial charge in [0, 0.05) is 16.3 Å². The first-order chi connectivity index (χ1) is 19.3. The average Bonchev–Trinajstić information content (AvgIpc) is 3.48. The third-order valence-corrected chi connectivity index (χ3v) is 7.21. The maximum Gasteiger partial charge on any atom is 0.417 e. The topological polar surface area (TPSA) is 95.2 Å². The number of alkyl halides is 3. The standard InChI is InChI=1S/C33H13F3N4/c34-33(35,36)26-13-12-25-30-23(26)2-1-3-24(30)31-27(20-8-4-18(14-37)5-9-20)29(22(16-39)17-40)28(32(25)31)21-10-6-19(15-38)7-11-21/h1-13H. The van der Waals surface area contributed by atoms with Gasteiger partial charge < -0.3 is 0 Å². The second-order valence-corrected chi connectivity index (χ2v) is 9.24. The molecule has 7 heteroatoms. The average molecular weight is 522 g/mol. The summed E-state index contributed by atoms with van der Waals surface area (Å²) in [6.45, 7) is 0. The highest BCUT2D eigenvalue weighted by Crippen LogP contribution is 2.53. The van der Waals surface area contributed by atoms with E-state index in [1.807, 2.05) is 12.1 Å². The molecule has 4 aromatic rings. The minimum absolute atomic E-state index is 0.0570. The van der Waals surface area contributed by atoms with Crippen molar-refractivity contribution in [2.75, 3.05) is 0 Å². The van der Waals surface area contributed by atoms with Crippen molar-refractivity contribution in [1.82, 2.24) is 0 Å². The number of fused-ring (bicyclic) bond motifs is 3. The predicted octanol–water partition coefficient (Wildman–Crippen LogP) is 7.55. The molecule has 4 aromatic carbocycles. The molecule has 6 rings (SSSR count). The quantitative estimate of drug-likeness (QED) is 0.235. The fraction of sp³-hybridized carbons (Fsp3) is 0.0303. The van der Waals surface area contributed by atoms with Crippen LogP contribution in [0.1, 0.15) is 16.7 Å². The molecule has 2 aliphatic carbocycles. The van der Waals surface area contributed by atoms with Crippen LogP contribution in [0.3, 0.4) is 0 Å². The lowest BCUT2D eigenvalue weighted by molar-refractivity contribution is -0.136. The molecule has 0 saturated heterocycles. The van der Waals surface area contributed by atoms with Crippen LogP contribution >= 0.6 is 0 Å². The summed E-state index contributed by atoms with van der Waals surface area (Å²) in [5.41, 5.74) is 3.39. The number of hydrogen-bond donors (Lipinski definition) is 0. The van der Waals surface area contributed by atoms with E-state index >= 15 is 0 Å². The molecule has 0 amide bonds. The molecule has 40 heavy (non-hydrogen) atoms. The van der Waals surface area contributed by atoms with E-state index in [-0.39, 0.29) is 11.0 Å². The summed E-state index contributed by atoms with van der Waals surface area (Å²) in [5.74, 6) is 0. The van der Waals surface area contributed by atoms with Gasteiger partial charge in [0.15, 0.2) is 0 Å². The monoisotopic (exact) mass is 522 g/mol. The largest absolute Gasteiger partial charge is 0.417 e. The van der Waals surface area contributed by atoms with Crippen molar-refractivity contribution < 1.29 is 13.2 Å². The molecule has 0 radical (unpaired) electrons. The minimum atomic E-state index is -4.57. The fourth-order valence-corrected chi connectivity index (χ4v) is 5.62. The Morgan fingerprint density at radius 1 is 0.550 bits per heavy atom. The molecule has 0 fully saturated rings. The molecule has 0 aliphatic heterocycles. The van der Waals surface area contributed by atoms with Crippen molar-refractivity contribution in [3.05, 3.63) is 101 Å². The number of nitriles is 4. The first-order valence-corrected chi connectivity index (χ1v) is 12.0. The third-order valence-electron chi connectivity index (χ3n) is 7.21. The van der Waals surface area contributed by atoms with E-state index in [4.69, 9.17) is 0 Å². The Labute approximate surface area is 225 Å². The Kier molecular flexibility index (Phi) is 5.41. The second kappa shape index (κ2) is 8.85. The molecule has 0 N–H and O–H groups in total. The van der Waals surface area contributed by atoms with Crippen molar-refractivity contribution in [1.29, 1.82) is 21.0 Å². The number of benzene rings is 4. The maximum absolute atomic E-state index is 14.0. The maximum atomic E-state index is 14.0. The van der Waals surface area contributed by atoms with Gasteiger partial charge in [-0.3, -0.25) is 0 Å². The lowest BCUT2D eigenvalue weighted by atomic mass is 9.95. The summed E-state index contributed by atoms with van der Waals surface area (Å²) in [5, 5.41) is 40.7. The zero-order chi connectivity index (χ0) is 28.2. The minimum Gasteiger partial charge on any atom is -0.192 e. The molecule has 0 heterocycles. The zero-order valence-electron chi connectivity index (χ0n) is 20.4. The normalized spacial score (nSPS) is 11.3. The molecule has 0 atom stereocenters. The van der Waals surface area contributed by atoms with E-state index in [9.17, 15) is 34.2 Å². The lowest BCUT2D eigenvalue weighted by Gasteiger charge is -2.11. The molecule has 4 nitrogen and oxygen atoms in total. The molecular formula is C33H13F3N4. The van der Waals surface area contributed by atoms with E-state index < -0.39 is 11.7 Å². The summed E-state index contributed by atoms with van der Waals surface area (Å²) in [7, 11) is 0. The smallest absolute Gasteiger partial charge is 0.192 e. The van der Waals surface area contributed by atoms with Crippen LogP contribution in [0.2, 0.25) is 0 Å². The van der Waals surface area contributed by atoms with Gasteiger partial charge >= 0.3 is 6.18 Å². The van der Waals surface area contributed by atoms with Gasteiger partial charge in [-0.2, -0.15) is 34.2 Å². The van der Waals surface area contributed by atoms with E-state index in [0.717, 1.165) is 6.07 Å². The van der Waals surface area contributed by atoms with Crippen molar-refractivity contribution in [3.63, 3.8) is 0 Å². The molecule has 0 saturated carbocycles. The van der Waals surface area contributed by atoms with Crippen LogP contribution in [0, 0.1) is 45.3 Å². The highest BCUT2D eigenvalue weighted by molar-refractivity contribution is 6.30. The van der Waals surface area contributed by atoms with Gasteiger partial charge in [0.05, 0.1) is 28.8 Å². The molecule has 0 aromatic heterocycles. The van der Waals surface area contributed by atoms with Crippen LogP contribution in [-0.2, 0) is 6.18 Å². The van der Waals surface area contributed by atoms with E-state index in [1.165, 1.54) is 12.1 Å². The van der Waals surface area contributed by atoms with Gasteiger partial charge in [0.2, 0.25) is 0 Å². The predicted molar refractivity (Wildman–Crippen MR) is 144 cm³/mol. The van der Waals surface area contributed by atoms with Crippen LogP contribution in [-0.4, -0.2) is 0 Å². The van der Waals surface area contributed by atoms with Crippen LogP contribution in [0.25, 0.3) is 60.5 Å². The number of hydrogen-bond acceptors (Lipinski definition) is 4. The Hall–Kier alpha value is -5.89. The molecule has 0 bridgehead atoms. The Balaban J connectivity index is 1.92. The van der Waals surface area contributed by atoms with Gasteiger partial charge in [-0.25, -0.2) is 0 Å². The summed E-state index contributed by atoms with van der Waals surface area (Å²) >= 11 is 0. The van der Waals surface area contributed by atoms with Crippen LogP contribution in [0.15, 0.2) is 78.9 Å². The summed E-state index contributed by atoms with van der Waals surface area (Å²) in [4.78, 5) is 0. The SMILES string of the molecule is N#CC(C#N)=c1c(-c2ccc(C#N)cc2)c2c3cccc4c(C(F)(F)F)ccc(c-2c1-c1ccc(C#N)cc1)c43. The van der Waals surface area contributed by atoms with Gasteiger partial charge in [-0.15, -0.1) is 0 Å². The van der Waals surface area contributed by atoms with Gasteiger partial charge in [-0.1, -0.05) is 48.5 Å². The van der Waals surface area contributed by atoms with Gasteiger partial charge in [0.1, 0.15) is 17.7 Å². The van der Waals surface area contributed by atoms with Gasteiger partial charge in [0.25, 0.3) is 0 Å². The van der Waals surface area contributed by atoms with E-state index in [1.54, 1.807) is 60.7 Å². The van der Waals surface area contributed by atoms with Crippen LogP contribution < -0.4 is 5.22 Å². The molecule has 0 unspecified atom stereocenters. The zero-order valence-corrected chi connectivity index (χ0v) is 20.4. The number of rotatable bonds is 2. The Morgan fingerprint density at radius 2 is 1.02 bits per heavy atom. The molecule has 2 aliphatic rings. The lowest BCUT2D eigenvalue weighted by Crippen LogP contribution is -2.09. The molecular weight excluding hydrogens is 509 g/mol. The van der Waals surface area contributed by atoms with Crippen molar-refractivity contribution in [3.8, 4) is 57.7 Å². The Bertz CT molecular complexity index is 2050. The molecule has 186 valence electrons. The van der Waals surface area contributed by atoms with Gasteiger partial charge in [-0.05, 0) is 74.1 Å². The van der Waals surface area contributed by atoms with E-state index in [2.05, 4.69) is 12.1 Å². The number of nitrogens with zero attached hydrogens (tertiary/aromatic N) is 4. The molecule has 0 spiro atoms. The first kappa shape index (κ1) is 24.4. The van der Waals surface area contributed by atoms with Crippen LogP contribution in [0.5, 0.6) is 0 Å². The highest BCUT2D eigenvalue weighted by Gasteiger charge is 2.36. The van der Waals surface area contributed by atoms with Crippen molar-refractivity contribution >= 4 is 27.1 Å². The summed E-state index contributed by atoms with van der Waals surface area (Å²) in [6.07, 6.45) is -4.57. The third kappa shape index (κ3) is 3.44. The van der Waals surface area contributed by atoms with Crippen molar-refractivity contribution in [2.45, 2.75) is 6.18 Å². The fourth-order valence-electron chi connectivity index (χ4n) is 5.62. The highest BCUT2D eigenvalue weighted by atomic mass is 19.4. The van der Waals surface area contributed by atoms with Crippen molar-refractivity contribution in [2.24, 2.45) is 0 Å². The summed E-state index contributed by atoms with van der Waals surface area (Å²) in [6, 6.07) is 28.7. The van der Waals surface area contributed by atoms with Crippen LogP contribution in [0.4, 0.5) is 13.2 Å².